The molecule has 1 heterocycles. The Kier molecular flexibility index (Phi) is 2.86. The first-order valence-electron chi connectivity index (χ1n) is 6.11. The second-order valence-corrected chi connectivity index (χ2v) is 5.05. The number of terminal acetylenes is 1. The van der Waals surface area contributed by atoms with Crippen molar-refractivity contribution in [1.29, 1.82) is 0 Å². The first-order valence-corrected chi connectivity index (χ1v) is 6.11. The molecule has 0 aromatic rings. The zero-order chi connectivity index (χ0) is 12.6. The van der Waals surface area contributed by atoms with E-state index in [0.717, 1.165) is 12.8 Å². The third-order valence-electron chi connectivity index (χ3n) is 3.77. The van der Waals surface area contributed by atoms with Gasteiger partial charge in [0.25, 0.3) is 0 Å². The Morgan fingerprint density at radius 1 is 1.59 bits per heavy atom. The molecule has 0 radical (unpaired) electrons. The second kappa shape index (κ2) is 4.06. The van der Waals surface area contributed by atoms with Crippen molar-refractivity contribution in [2.75, 3.05) is 6.54 Å². The second-order valence-electron chi connectivity index (χ2n) is 5.05. The minimum atomic E-state index is -0.737. The van der Waals surface area contributed by atoms with Gasteiger partial charge in [0.2, 0.25) is 11.8 Å². The summed E-state index contributed by atoms with van der Waals surface area (Å²) in [6.07, 6.45) is 8.11. The standard InChI is InChI=1S/C13H18N2O2/c1-4-10(5-2)15-8-11(16)14-13(3,12(15)17)9-6-7-9/h1,9-10H,5-8H2,2-3H3,(H,14,16). The van der Waals surface area contributed by atoms with Crippen LogP contribution in [-0.4, -0.2) is 34.8 Å². The predicted octanol–water partition coefficient (Wildman–Crippen LogP) is 0.525. The van der Waals surface area contributed by atoms with Crippen LogP contribution in [0.5, 0.6) is 0 Å². The van der Waals surface area contributed by atoms with Gasteiger partial charge in [0.1, 0.15) is 12.1 Å². The van der Waals surface area contributed by atoms with Crippen molar-refractivity contribution in [3.05, 3.63) is 0 Å². The van der Waals surface area contributed by atoms with Gasteiger partial charge in [0, 0.05) is 0 Å². The van der Waals surface area contributed by atoms with Gasteiger partial charge in [-0.05, 0) is 32.1 Å². The number of nitrogens with one attached hydrogen (secondary N) is 1. The molecule has 1 saturated carbocycles. The van der Waals surface area contributed by atoms with Crippen molar-refractivity contribution in [3.8, 4) is 12.3 Å². The predicted molar refractivity (Wildman–Crippen MR) is 63.9 cm³/mol. The fourth-order valence-corrected chi connectivity index (χ4v) is 2.52. The van der Waals surface area contributed by atoms with E-state index >= 15 is 0 Å². The van der Waals surface area contributed by atoms with E-state index in [1.165, 1.54) is 0 Å². The van der Waals surface area contributed by atoms with Crippen molar-refractivity contribution >= 4 is 11.8 Å². The highest BCUT2D eigenvalue weighted by molar-refractivity contribution is 5.98. The SMILES string of the molecule is C#CC(CC)N1CC(=O)NC(C)(C2CC2)C1=O. The van der Waals surface area contributed by atoms with Gasteiger partial charge in [-0.3, -0.25) is 9.59 Å². The van der Waals surface area contributed by atoms with Crippen LogP contribution in [-0.2, 0) is 9.59 Å². The molecule has 92 valence electrons. The highest BCUT2D eigenvalue weighted by Crippen LogP contribution is 2.41. The quantitative estimate of drug-likeness (QED) is 0.724. The Hall–Kier alpha value is -1.50. The summed E-state index contributed by atoms with van der Waals surface area (Å²) in [7, 11) is 0. The molecule has 2 atom stereocenters. The average molecular weight is 234 g/mol. The van der Waals surface area contributed by atoms with Crippen molar-refractivity contribution in [3.63, 3.8) is 0 Å². The van der Waals surface area contributed by atoms with Gasteiger partial charge < -0.3 is 10.2 Å². The maximum atomic E-state index is 12.4. The minimum absolute atomic E-state index is 0.0237. The lowest BCUT2D eigenvalue weighted by molar-refractivity contribution is -0.151. The van der Waals surface area contributed by atoms with Gasteiger partial charge in [-0.15, -0.1) is 6.42 Å². The van der Waals surface area contributed by atoms with Gasteiger partial charge >= 0.3 is 0 Å². The van der Waals surface area contributed by atoms with E-state index in [0.29, 0.717) is 6.42 Å². The highest BCUT2D eigenvalue weighted by atomic mass is 16.2. The summed E-state index contributed by atoms with van der Waals surface area (Å²) in [5, 5.41) is 2.84. The van der Waals surface area contributed by atoms with E-state index in [1.807, 2.05) is 13.8 Å². The smallest absolute Gasteiger partial charge is 0.249 e. The van der Waals surface area contributed by atoms with Gasteiger partial charge in [-0.1, -0.05) is 12.8 Å². The van der Waals surface area contributed by atoms with Crippen molar-refractivity contribution in [2.24, 2.45) is 5.92 Å². The number of hydrogen-bond acceptors (Lipinski definition) is 2. The van der Waals surface area contributed by atoms with Crippen LogP contribution < -0.4 is 5.32 Å². The lowest BCUT2D eigenvalue weighted by Crippen LogP contribution is -2.67. The van der Waals surface area contributed by atoms with Gasteiger partial charge in [0.05, 0.1) is 6.04 Å². The number of hydrogen-bond donors (Lipinski definition) is 1. The van der Waals surface area contributed by atoms with E-state index in [-0.39, 0.29) is 30.3 Å². The average Bonchev–Trinajstić information content (AvgIpc) is 3.10. The normalized spacial score (nSPS) is 30.8. The molecule has 2 rings (SSSR count). The number of amides is 2. The Morgan fingerprint density at radius 3 is 2.71 bits per heavy atom. The minimum Gasteiger partial charge on any atom is -0.340 e. The fraction of sp³-hybridized carbons (Fsp3) is 0.692. The van der Waals surface area contributed by atoms with E-state index in [1.54, 1.807) is 4.90 Å². The van der Waals surface area contributed by atoms with Crippen LogP contribution >= 0.6 is 0 Å². The molecular formula is C13H18N2O2. The van der Waals surface area contributed by atoms with E-state index < -0.39 is 5.54 Å². The Morgan fingerprint density at radius 2 is 2.24 bits per heavy atom. The maximum absolute atomic E-state index is 12.4. The fourth-order valence-electron chi connectivity index (χ4n) is 2.52. The first kappa shape index (κ1) is 12.0. The van der Waals surface area contributed by atoms with Crippen LogP contribution in [0.25, 0.3) is 0 Å². The summed E-state index contributed by atoms with van der Waals surface area (Å²) in [6.45, 7) is 3.84. The summed E-state index contributed by atoms with van der Waals surface area (Å²) in [6, 6.07) is -0.272. The monoisotopic (exact) mass is 234 g/mol. The van der Waals surface area contributed by atoms with Crippen LogP contribution in [0.1, 0.15) is 33.1 Å². The number of nitrogens with zero attached hydrogens (tertiary/aromatic N) is 1. The van der Waals surface area contributed by atoms with E-state index in [4.69, 9.17) is 6.42 Å². The number of piperazine rings is 1. The Bertz CT molecular complexity index is 395. The molecule has 0 aromatic heterocycles. The van der Waals surface area contributed by atoms with Crippen LogP contribution in [0.2, 0.25) is 0 Å². The lowest BCUT2D eigenvalue weighted by atomic mass is 9.90. The van der Waals surface area contributed by atoms with Crippen molar-refractivity contribution < 1.29 is 9.59 Å². The number of carbonyl (C=O) groups excluding carboxylic acids is 2. The Labute approximate surface area is 102 Å². The summed E-state index contributed by atoms with van der Waals surface area (Å²) in [5.41, 5.74) is -0.737. The molecule has 0 spiro atoms. The molecule has 1 aliphatic carbocycles. The van der Waals surface area contributed by atoms with Crippen molar-refractivity contribution in [1.82, 2.24) is 10.2 Å². The molecule has 1 aliphatic heterocycles. The molecule has 4 heteroatoms. The third kappa shape index (κ3) is 1.90. The van der Waals surface area contributed by atoms with Crippen molar-refractivity contribution in [2.45, 2.75) is 44.7 Å². The molecule has 0 aromatic carbocycles. The first-order chi connectivity index (χ1) is 8.02. The molecule has 17 heavy (non-hydrogen) atoms. The molecular weight excluding hydrogens is 216 g/mol. The summed E-state index contributed by atoms with van der Waals surface area (Å²) < 4.78 is 0. The molecule has 4 nitrogen and oxygen atoms in total. The van der Waals surface area contributed by atoms with Gasteiger partial charge in [-0.2, -0.15) is 0 Å². The summed E-state index contributed by atoms with van der Waals surface area (Å²) >= 11 is 0. The molecule has 0 bridgehead atoms. The lowest BCUT2D eigenvalue weighted by Gasteiger charge is -2.42. The molecule has 1 saturated heterocycles. The van der Waals surface area contributed by atoms with E-state index in [9.17, 15) is 9.59 Å². The molecule has 2 fully saturated rings. The number of rotatable bonds is 3. The zero-order valence-electron chi connectivity index (χ0n) is 10.3. The third-order valence-corrected chi connectivity index (χ3v) is 3.77. The van der Waals surface area contributed by atoms with Crippen LogP contribution in [0.4, 0.5) is 0 Å². The molecule has 2 amide bonds. The largest absolute Gasteiger partial charge is 0.340 e. The van der Waals surface area contributed by atoms with Crippen LogP contribution in [0.3, 0.4) is 0 Å². The van der Waals surface area contributed by atoms with Crippen LogP contribution in [0, 0.1) is 18.3 Å². The number of carbonyl (C=O) groups is 2. The maximum Gasteiger partial charge on any atom is 0.249 e. The summed E-state index contributed by atoms with van der Waals surface area (Å²) in [5.74, 6) is 2.74. The molecule has 1 N–H and O–H groups in total. The van der Waals surface area contributed by atoms with Gasteiger partial charge in [-0.25, -0.2) is 0 Å². The van der Waals surface area contributed by atoms with Crippen LogP contribution in [0.15, 0.2) is 0 Å². The highest BCUT2D eigenvalue weighted by Gasteiger charge is 2.53. The topological polar surface area (TPSA) is 49.4 Å². The molecule has 2 aliphatic rings. The molecule has 2 unspecified atom stereocenters. The summed E-state index contributed by atoms with van der Waals surface area (Å²) in [4.78, 5) is 25.7. The Balaban J connectivity index is 2.26. The van der Waals surface area contributed by atoms with Gasteiger partial charge in [0.15, 0.2) is 0 Å². The zero-order valence-corrected chi connectivity index (χ0v) is 10.3. The van der Waals surface area contributed by atoms with E-state index in [2.05, 4.69) is 11.2 Å².